The topological polar surface area (TPSA) is 59.6 Å². The Morgan fingerprint density at radius 3 is 2.74 bits per heavy atom. The molecule has 0 spiro atoms. The Bertz CT molecular complexity index is 689. The zero-order chi connectivity index (χ0) is 16.7. The molecule has 2 aromatic carbocycles. The number of ether oxygens (including phenoxy) is 1. The van der Waals surface area contributed by atoms with Crippen molar-refractivity contribution in [3.63, 3.8) is 0 Å². The average molecular weight is 319 g/mol. The van der Waals surface area contributed by atoms with Gasteiger partial charge in [-0.15, -0.1) is 0 Å². The first-order valence-electron chi connectivity index (χ1n) is 7.32. The minimum Gasteiger partial charge on any atom is -0.492 e. The number of anilines is 1. The van der Waals surface area contributed by atoms with Crippen molar-refractivity contribution in [3.05, 3.63) is 59.7 Å². The predicted molar refractivity (Wildman–Crippen MR) is 87.8 cm³/mol. The number of nitrogens with zero attached hydrogens (tertiary/aromatic N) is 1. The molecule has 0 aliphatic heterocycles. The second-order valence-electron chi connectivity index (χ2n) is 4.87. The van der Waals surface area contributed by atoms with Crippen LogP contribution in [0, 0.1) is 11.6 Å². The standard InChI is InChI=1S/C17H19F2N3O/c1-2-12-4-3-5-13(10-12)22-17(20)21-8-9-23-14-6-7-15(18)16(19)11-14/h3-7,10-11H,2,8-9H2,1H3,(H3,20,21,22). The predicted octanol–water partition coefficient (Wildman–Crippen LogP) is 3.33. The zero-order valence-electron chi connectivity index (χ0n) is 12.9. The van der Waals surface area contributed by atoms with Crippen LogP contribution in [0.5, 0.6) is 5.75 Å². The summed E-state index contributed by atoms with van der Waals surface area (Å²) in [4.78, 5) is 4.12. The Balaban J connectivity index is 1.81. The Kier molecular flexibility index (Phi) is 5.91. The number of nitrogens with one attached hydrogen (secondary N) is 1. The molecule has 3 N–H and O–H groups in total. The van der Waals surface area contributed by atoms with Crippen molar-refractivity contribution in [2.75, 3.05) is 18.5 Å². The average Bonchev–Trinajstić information content (AvgIpc) is 2.55. The summed E-state index contributed by atoms with van der Waals surface area (Å²) >= 11 is 0. The molecule has 0 saturated heterocycles. The van der Waals surface area contributed by atoms with E-state index in [0.29, 0.717) is 6.54 Å². The maximum absolute atomic E-state index is 13.0. The van der Waals surface area contributed by atoms with Crippen LogP contribution in [-0.2, 0) is 6.42 Å². The van der Waals surface area contributed by atoms with E-state index in [4.69, 9.17) is 10.5 Å². The van der Waals surface area contributed by atoms with Crippen LogP contribution in [0.2, 0.25) is 0 Å². The molecular formula is C17H19F2N3O. The van der Waals surface area contributed by atoms with Crippen LogP contribution in [0.1, 0.15) is 12.5 Å². The molecule has 0 bridgehead atoms. The molecular weight excluding hydrogens is 300 g/mol. The molecule has 6 heteroatoms. The first-order valence-corrected chi connectivity index (χ1v) is 7.32. The summed E-state index contributed by atoms with van der Waals surface area (Å²) < 4.78 is 31.1. The summed E-state index contributed by atoms with van der Waals surface area (Å²) in [5.41, 5.74) is 7.86. The van der Waals surface area contributed by atoms with Crippen molar-refractivity contribution >= 4 is 11.6 Å². The van der Waals surface area contributed by atoms with Gasteiger partial charge in [0, 0.05) is 11.8 Å². The van der Waals surface area contributed by atoms with Gasteiger partial charge in [-0.3, -0.25) is 0 Å². The monoisotopic (exact) mass is 319 g/mol. The number of guanidine groups is 1. The SMILES string of the molecule is CCc1cccc(NC(N)=NCCOc2ccc(F)c(F)c2)c1. The number of aryl methyl sites for hydroxylation is 1. The van der Waals surface area contributed by atoms with Gasteiger partial charge in [-0.05, 0) is 36.2 Å². The molecule has 4 nitrogen and oxygen atoms in total. The van der Waals surface area contributed by atoms with E-state index < -0.39 is 11.6 Å². The minimum absolute atomic E-state index is 0.211. The van der Waals surface area contributed by atoms with Crippen LogP contribution >= 0.6 is 0 Å². The number of benzene rings is 2. The van der Waals surface area contributed by atoms with Gasteiger partial charge < -0.3 is 15.8 Å². The maximum Gasteiger partial charge on any atom is 0.193 e. The number of nitrogens with two attached hydrogens (primary N) is 1. The van der Waals surface area contributed by atoms with Crippen molar-refractivity contribution in [3.8, 4) is 5.75 Å². The Hall–Kier alpha value is -2.63. The van der Waals surface area contributed by atoms with Crippen molar-refractivity contribution in [1.82, 2.24) is 0 Å². The number of halogens is 2. The molecule has 0 saturated carbocycles. The number of hydrogen-bond donors (Lipinski definition) is 2. The summed E-state index contributed by atoms with van der Waals surface area (Å²) in [6.45, 7) is 2.58. The third-order valence-corrected chi connectivity index (χ3v) is 3.14. The van der Waals surface area contributed by atoms with Crippen LogP contribution in [0.4, 0.5) is 14.5 Å². The normalized spacial score (nSPS) is 11.3. The van der Waals surface area contributed by atoms with E-state index in [-0.39, 0.29) is 18.3 Å². The fourth-order valence-corrected chi connectivity index (χ4v) is 1.95. The van der Waals surface area contributed by atoms with Crippen LogP contribution in [0.3, 0.4) is 0 Å². The van der Waals surface area contributed by atoms with Crippen LogP contribution in [0.25, 0.3) is 0 Å². The summed E-state index contributed by atoms with van der Waals surface area (Å²) in [5, 5.41) is 2.99. The van der Waals surface area contributed by atoms with Crippen LogP contribution < -0.4 is 15.8 Å². The van der Waals surface area contributed by atoms with Gasteiger partial charge in [-0.1, -0.05) is 19.1 Å². The van der Waals surface area contributed by atoms with E-state index in [0.717, 1.165) is 24.2 Å². The second kappa shape index (κ2) is 8.12. The van der Waals surface area contributed by atoms with Crippen LogP contribution in [0.15, 0.2) is 47.5 Å². The molecule has 0 aliphatic carbocycles. The maximum atomic E-state index is 13.0. The summed E-state index contributed by atoms with van der Waals surface area (Å²) in [6.07, 6.45) is 0.939. The zero-order valence-corrected chi connectivity index (χ0v) is 12.9. The van der Waals surface area contributed by atoms with E-state index >= 15 is 0 Å². The second-order valence-corrected chi connectivity index (χ2v) is 4.87. The van der Waals surface area contributed by atoms with Gasteiger partial charge in [0.05, 0.1) is 6.54 Å². The van der Waals surface area contributed by atoms with Gasteiger partial charge in [0.1, 0.15) is 12.4 Å². The molecule has 0 atom stereocenters. The largest absolute Gasteiger partial charge is 0.492 e. The highest BCUT2D eigenvalue weighted by molar-refractivity contribution is 5.92. The van der Waals surface area contributed by atoms with E-state index in [2.05, 4.69) is 17.2 Å². The van der Waals surface area contributed by atoms with Gasteiger partial charge in [0.2, 0.25) is 0 Å². The molecule has 2 aromatic rings. The lowest BCUT2D eigenvalue weighted by Gasteiger charge is -2.08. The van der Waals surface area contributed by atoms with Crippen molar-refractivity contribution in [1.29, 1.82) is 0 Å². The van der Waals surface area contributed by atoms with Crippen molar-refractivity contribution in [2.24, 2.45) is 10.7 Å². The van der Waals surface area contributed by atoms with Gasteiger partial charge in [-0.2, -0.15) is 0 Å². The Morgan fingerprint density at radius 1 is 1.17 bits per heavy atom. The molecule has 122 valence electrons. The van der Waals surface area contributed by atoms with Gasteiger partial charge in [0.15, 0.2) is 17.6 Å². The summed E-state index contributed by atoms with van der Waals surface area (Å²) in [6, 6.07) is 11.3. The lowest BCUT2D eigenvalue weighted by Crippen LogP contribution is -2.23. The lowest BCUT2D eigenvalue weighted by molar-refractivity contribution is 0.325. The summed E-state index contributed by atoms with van der Waals surface area (Å²) in [7, 11) is 0. The summed E-state index contributed by atoms with van der Waals surface area (Å²) in [5.74, 6) is -1.32. The van der Waals surface area contributed by atoms with E-state index in [1.54, 1.807) is 0 Å². The van der Waals surface area contributed by atoms with E-state index in [1.165, 1.54) is 11.6 Å². The third kappa shape index (κ3) is 5.25. The van der Waals surface area contributed by atoms with Crippen LogP contribution in [-0.4, -0.2) is 19.1 Å². The molecule has 0 unspecified atom stereocenters. The molecule has 0 heterocycles. The number of aliphatic imine (C=N–C) groups is 1. The van der Waals surface area contributed by atoms with Gasteiger partial charge in [0.25, 0.3) is 0 Å². The van der Waals surface area contributed by atoms with Gasteiger partial charge in [-0.25, -0.2) is 13.8 Å². The lowest BCUT2D eigenvalue weighted by atomic mass is 10.1. The fourth-order valence-electron chi connectivity index (χ4n) is 1.95. The number of hydrogen-bond acceptors (Lipinski definition) is 2. The highest BCUT2D eigenvalue weighted by Crippen LogP contribution is 2.15. The van der Waals surface area contributed by atoms with Gasteiger partial charge >= 0.3 is 0 Å². The highest BCUT2D eigenvalue weighted by atomic mass is 19.2. The first-order chi connectivity index (χ1) is 11.1. The Labute approximate surface area is 134 Å². The van der Waals surface area contributed by atoms with E-state index in [1.807, 2.05) is 24.3 Å². The smallest absolute Gasteiger partial charge is 0.193 e. The minimum atomic E-state index is -0.942. The fraction of sp³-hybridized carbons (Fsp3) is 0.235. The van der Waals surface area contributed by atoms with Crippen molar-refractivity contribution < 1.29 is 13.5 Å². The molecule has 0 aromatic heterocycles. The molecule has 0 fully saturated rings. The quantitative estimate of drug-likeness (QED) is 0.488. The highest BCUT2D eigenvalue weighted by Gasteiger charge is 2.03. The Morgan fingerprint density at radius 2 is 2.00 bits per heavy atom. The number of rotatable bonds is 6. The first kappa shape index (κ1) is 16.7. The van der Waals surface area contributed by atoms with Crippen molar-refractivity contribution in [2.45, 2.75) is 13.3 Å². The van der Waals surface area contributed by atoms with E-state index in [9.17, 15) is 8.78 Å². The third-order valence-electron chi connectivity index (χ3n) is 3.14. The molecule has 2 rings (SSSR count). The molecule has 0 amide bonds. The molecule has 0 radical (unpaired) electrons. The molecule has 23 heavy (non-hydrogen) atoms. The molecule has 0 aliphatic rings.